The lowest BCUT2D eigenvalue weighted by molar-refractivity contribution is 0.102. The van der Waals surface area contributed by atoms with Gasteiger partial charge in [0.2, 0.25) is 5.13 Å². The van der Waals surface area contributed by atoms with Gasteiger partial charge in [0.1, 0.15) is 11.6 Å². The molecule has 0 aliphatic rings. The second-order valence-electron chi connectivity index (χ2n) is 4.58. The Morgan fingerprint density at radius 3 is 2.78 bits per heavy atom. The second-order valence-corrected chi connectivity index (χ2v) is 5.55. The first-order valence-corrected chi connectivity index (χ1v) is 7.53. The number of para-hydroxylation sites is 1. The van der Waals surface area contributed by atoms with Gasteiger partial charge in [0.15, 0.2) is 5.01 Å². The number of halogens is 1. The first-order valence-electron chi connectivity index (χ1n) is 6.71. The maximum atomic E-state index is 13.2. The van der Waals surface area contributed by atoms with E-state index in [2.05, 4.69) is 15.5 Å². The zero-order valence-electron chi connectivity index (χ0n) is 12.1. The molecule has 2 aromatic carbocycles. The third kappa shape index (κ3) is 3.35. The lowest BCUT2D eigenvalue weighted by Crippen LogP contribution is -2.11. The zero-order valence-corrected chi connectivity index (χ0v) is 12.9. The van der Waals surface area contributed by atoms with E-state index in [1.165, 1.54) is 29.5 Å². The zero-order chi connectivity index (χ0) is 16.2. The van der Waals surface area contributed by atoms with Crippen molar-refractivity contribution in [3.8, 4) is 16.3 Å². The van der Waals surface area contributed by atoms with Crippen LogP contribution in [0.2, 0.25) is 0 Å². The normalized spacial score (nSPS) is 10.3. The van der Waals surface area contributed by atoms with Crippen molar-refractivity contribution in [1.29, 1.82) is 0 Å². The number of aromatic nitrogens is 2. The molecular formula is C16H12FN3O2S. The highest BCUT2D eigenvalue weighted by atomic mass is 32.1. The highest BCUT2D eigenvalue weighted by Gasteiger charge is 2.14. The quantitative estimate of drug-likeness (QED) is 0.794. The number of rotatable bonds is 4. The van der Waals surface area contributed by atoms with Crippen LogP contribution in [0.1, 0.15) is 10.4 Å². The van der Waals surface area contributed by atoms with Gasteiger partial charge in [-0.2, -0.15) is 0 Å². The molecule has 0 unspecified atom stereocenters. The lowest BCUT2D eigenvalue weighted by atomic mass is 10.2. The van der Waals surface area contributed by atoms with Crippen molar-refractivity contribution in [2.24, 2.45) is 0 Å². The van der Waals surface area contributed by atoms with Crippen molar-refractivity contribution >= 4 is 22.4 Å². The van der Waals surface area contributed by atoms with Crippen molar-refractivity contribution in [2.75, 3.05) is 12.4 Å². The first kappa shape index (κ1) is 15.1. The first-order chi connectivity index (χ1) is 11.2. The Bertz CT molecular complexity index is 851. The topological polar surface area (TPSA) is 64.1 Å². The molecule has 0 aliphatic carbocycles. The summed E-state index contributed by atoms with van der Waals surface area (Å²) in [5, 5.41) is 11.6. The van der Waals surface area contributed by atoms with Crippen LogP contribution in [0.3, 0.4) is 0 Å². The van der Waals surface area contributed by atoms with Gasteiger partial charge in [-0.05, 0) is 30.3 Å². The van der Waals surface area contributed by atoms with Crippen LogP contribution in [0.5, 0.6) is 5.75 Å². The summed E-state index contributed by atoms with van der Waals surface area (Å²) in [4.78, 5) is 12.1. The van der Waals surface area contributed by atoms with Crippen LogP contribution in [0.4, 0.5) is 9.52 Å². The SMILES string of the molecule is COc1ccccc1-c1nnc(NC(=O)c2cccc(F)c2)s1. The number of carbonyl (C=O) groups is 1. The molecule has 1 N–H and O–H groups in total. The number of benzene rings is 2. The van der Waals surface area contributed by atoms with Gasteiger partial charge in [-0.15, -0.1) is 10.2 Å². The molecule has 0 atom stereocenters. The maximum absolute atomic E-state index is 13.2. The minimum Gasteiger partial charge on any atom is -0.496 e. The van der Waals surface area contributed by atoms with E-state index < -0.39 is 11.7 Å². The summed E-state index contributed by atoms with van der Waals surface area (Å²) in [7, 11) is 1.58. The van der Waals surface area contributed by atoms with Gasteiger partial charge >= 0.3 is 0 Å². The molecule has 0 saturated heterocycles. The number of amides is 1. The van der Waals surface area contributed by atoms with Crippen molar-refractivity contribution in [2.45, 2.75) is 0 Å². The summed E-state index contributed by atoms with van der Waals surface area (Å²) in [5.74, 6) is -0.233. The van der Waals surface area contributed by atoms with Gasteiger partial charge in [-0.3, -0.25) is 10.1 Å². The summed E-state index contributed by atoms with van der Waals surface area (Å²) >= 11 is 1.21. The fourth-order valence-corrected chi connectivity index (χ4v) is 2.77. The lowest BCUT2D eigenvalue weighted by Gasteiger charge is -2.03. The molecule has 0 fully saturated rings. The van der Waals surface area contributed by atoms with Crippen LogP contribution in [0.15, 0.2) is 48.5 Å². The van der Waals surface area contributed by atoms with Crippen LogP contribution >= 0.6 is 11.3 Å². The predicted molar refractivity (Wildman–Crippen MR) is 86.3 cm³/mol. The van der Waals surface area contributed by atoms with Crippen molar-refractivity contribution in [3.63, 3.8) is 0 Å². The average molecular weight is 329 g/mol. The van der Waals surface area contributed by atoms with Crippen LogP contribution < -0.4 is 10.1 Å². The van der Waals surface area contributed by atoms with E-state index in [9.17, 15) is 9.18 Å². The van der Waals surface area contributed by atoms with E-state index in [-0.39, 0.29) is 5.56 Å². The third-order valence-corrected chi connectivity index (χ3v) is 3.94. The summed E-state index contributed by atoms with van der Waals surface area (Å²) < 4.78 is 18.4. The smallest absolute Gasteiger partial charge is 0.257 e. The summed E-state index contributed by atoms with van der Waals surface area (Å²) in [6.45, 7) is 0. The van der Waals surface area contributed by atoms with Gasteiger partial charge < -0.3 is 4.74 Å². The number of methoxy groups -OCH3 is 1. The fraction of sp³-hybridized carbons (Fsp3) is 0.0625. The number of hydrogen-bond acceptors (Lipinski definition) is 5. The standard InChI is InChI=1S/C16H12FN3O2S/c1-22-13-8-3-2-7-12(13)15-19-20-16(23-15)18-14(21)10-5-4-6-11(17)9-10/h2-9H,1H3,(H,18,20,21). The minimum atomic E-state index is -0.468. The molecule has 1 amide bonds. The molecule has 116 valence electrons. The molecule has 0 spiro atoms. The number of hydrogen-bond donors (Lipinski definition) is 1. The highest BCUT2D eigenvalue weighted by Crippen LogP contribution is 2.33. The molecule has 5 nitrogen and oxygen atoms in total. The van der Waals surface area contributed by atoms with Crippen molar-refractivity contribution in [1.82, 2.24) is 10.2 Å². The molecule has 0 bridgehead atoms. The number of anilines is 1. The van der Waals surface area contributed by atoms with Crippen LogP contribution in [0.25, 0.3) is 10.6 Å². The summed E-state index contributed by atoms with van der Waals surface area (Å²) in [6, 6.07) is 12.9. The second kappa shape index (κ2) is 6.53. The predicted octanol–water partition coefficient (Wildman–Crippen LogP) is 3.61. The minimum absolute atomic E-state index is 0.221. The average Bonchev–Trinajstić information content (AvgIpc) is 3.03. The van der Waals surface area contributed by atoms with E-state index >= 15 is 0 Å². The maximum Gasteiger partial charge on any atom is 0.257 e. The molecular weight excluding hydrogens is 317 g/mol. The molecule has 1 heterocycles. The van der Waals surface area contributed by atoms with Crippen LogP contribution in [0, 0.1) is 5.82 Å². The Hall–Kier alpha value is -2.80. The molecule has 0 saturated carbocycles. The number of carbonyl (C=O) groups excluding carboxylic acids is 1. The van der Waals surface area contributed by atoms with Gasteiger partial charge in [0, 0.05) is 5.56 Å². The molecule has 7 heteroatoms. The highest BCUT2D eigenvalue weighted by molar-refractivity contribution is 7.18. The molecule has 3 rings (SSSR count). The number of nitrogens with one attached hydrogen (secondary N) is 1. The Morgan fingerprint density at radius 2 is 2.00 bits per heavy atom. The molecule has 23 heavy (non-hydrogen) atoms. The van der Waals surface area contributed by atoms with E-state index in [0.717, 1.165) is 11.6 Å². The summed E-state index contributed by atoms with van der Waals surface area (Å²) in [6.07, 6.45) is 0. The molecule has 1 aromatic heterocycles. The Morgan fingerprint density at radius 1 is 1.17 bits per heavy atom. The van der Waals surface area contributed by atoms with E-state index in [4.69, 9.17) is 4.74 Å². The van der Waals surface area contributed by atoms with E-state index in [1.54, 1.807) is 7.11 Å². The fourth-order valence-electron chi connectivity index (χ4n) is 2.00. The molecule has 0 radical (unpaired) electrons. The van der Waals surface area contributed by atoms with E-state index in [1.807, 2.05) is 24.3 Å². The van der Waals surface area contributed by atoms with Gasteiger partial charge in [-0.25, -0.2) is 4.39 Å². The van der Waals surface area contributed by atoms with Gasteiger partial charge in [-0.1, -0.05) is 29.5 Å². The Kier molecular flexibility index (Phi) is 4.29. The number of nitrogens with zero attached hydrogens (tertiary/aromatic N) is 2. The third-order valence-electron chi connectivity index (χ3n) is 3.07. The summed E-state index contributed by atoms with van der Waals surface area (Å²) in [5.41, 5.74) is 1.01. The molecule has 3 aromatic rings. The Balaban J connectivity index is 1.81. The molecule has 0 aliphatic heterocycles. The number of ether oxygens (including phenoxy) is 1. The largest absolute Gasteiger partial charge is 0.496 e. The van der Waals surface area contributed by atoms with Crippen LogP contribution in [-0.2, 0) is 0 Å². The van der Waals surface area contributed by atoms with Crippen molar-refractivity contribution < 1.29 is 13.9 Å². The van der Waals surface area contributed by atoms with Gasteiger partial charge in [0.05, 0.1) is 12.7 Å². The van der Waals surface area contributed by atoms with E-state index in [0.29, 0.717) is 15.9 Å². The van der Waals surface area contributed by atoms with Crippen LogP contribution in [-0.4, -0.2) is 23.2 Å². The monoisotopic (exact) mass is 329 g/mol. The van der Waals surface area contributed by atoms with Crippen molar-refractivity contribution in [3.05, 3.63) is 59.9 Å². The van der Waals surface area contributed by atoms with Gasteiger partial charge in [0.25, 0.3) is 5.91 Å². The Labute approximate surface area is 135 Å².